The average Bonchev–Trinajstić information content (AvgIpc) is 2.60. The van der Waals surface area contributed by atoms with Crippen LogP contribution < -0.4 is 0 Å². The molecule has 4 nitrogen and oxygen atoms in total. The quantitative estimate of drug-likeness (QED) is 0.630. The number of fused-ring (bicyclic) bond motifs is 2. The standard InChI is InChI=1S/C21H20O4/c1-13(2)20(23)25-21(3)17-8-6-5-7-15(17)19(22)16-11-14(12-24-4)9-10-18(16)21/h5-11H,1,12H2,2-4H3. The molecule has 2 aromatic carbocycles. The smallest absolute Gasteiger partial charge is 0.334 e. The van der Waals surface area contributed by atoms with Crippen LogP contribution >= 0.6 is 0 Å². The Balaban J connectivity index is 2.22. The number of rotatable bonds is 4. The van der Waals surface area contributed by atoms with Gasteiger partial charge in [0, 0.05) is 34.9 Å². The van der Waals surface area contributed by atoms with Gasteiger partial charge in [0.05, 0.1) is 6.61 Å². The van der Waals surface area contributed by atoms with E-state index in [0.717, 1.165) is 5.56 Å². The van der Waals surface area contributed by atoms with E-state index in [9.17, 15) is 9.59 Å². The molecule has 0 radical (unpaired) electrons. The number of benzene rings is 2. The van der Waals surface area contributed by atoms with Crippen LogP contribution in [0.5, 0.6) is 0 Å². The molecular formula is C21H20O4. The fourth-order valence-corrected chi connectivity index (χ4v) is 3.22. The van der Waals surface area contributed by atoms with E-state index >= 15 is 0 Å². The van der Waals surface area contributed by atoms with E-state index in [1.54, 1.807) is 20.1 Å². The summed E-state index contributed by atoms with van der Waals surface area (Å²) in [4.78, 5) is 25.2. The van der Waals surface area contributed by atoms with Crippen molar-refractivity contribution in [3.63, 3.8) is 0 Å². The molecule has 1 atom stereocenters. The predicted octanol–water partition coefficient (Wildman–Crippen LogP) is 3.76. The largest absolute Gasteiger partial charge is 0.446 e. The van der Waals surface area contributed by atoms with Gasteiger partial charge in [-0.3, -0.25) is 4.79 Å². The second-order valence-corrected chi connectivity index (χ2v) is 6.39. The van der Waals surface area contributed by atoms with Crippen molar-refractivity contribution in [2.75, 3.05) is 7.11 Å². The lowest BCUT2D eigenvalue weighted by Crippen LogP contribution is -2.37. The van der Waals surface area contributed by atoms with Gasteiger partial charge in [0.15, 0.2) is 11.4 Å². The zero-order chi connectivity index (χ0) is 18.2. The van der Waals surface area contributed by atoms with Crippen molar-refractivity contribution in [2.24, 2.45) is 0 Å². The van der Waals surface area contributed by atoms with Gasteiger partial charge in [0.1, 0.15) is 0 Å². The molecule has 4 heteroatoms. The van der Waals surface area contributed by atoms with Crippen molar-refractivity contribution >= 4 is 11.8 Å². The third-order valence-corrected chi connectivity index (χ3v) is 4.48. The van der Waals surface area contributed by atoms with Crippen LogP contribution in [-0.2, 0) is 26.5 Å². The monoisotopic (exact) mass is 336 g/mol. The van der Waals surface area contributed by atoms with E-state index in [2.05, 4.69) is 6.58 Å². The van der Waals surface area contributed by atoms with Crippen molar-refractivity contribution in [2.45, 2.75) is 26.1 Å². The Morgan fingerprint density at radius 1 is 1.12 bits per heavy atom. The highest BCUT2D eigenvalue weighted by atomic mass is 16.6. The van der Waals surface area contributed by atoms with Gasteiger partial charge in [-0.15, -0.1) is 0 Å². The molecule has 0 fully saturated rings. The minimum absolute atomic E-state index is 0.0765. The molecule has 0 saturated carbocycles. The van der Waals surface area contributed by atoms with Gasteiger partial charge in [0.2, 0.25) is 0 Å². The Bertz CT molecular complexity index is 881. The molecule has 0 heterocycles. The number of carbonyl (C=O) groups excluding carboxylic acids is 2. The third kappa shape index (κ3) is 2.79. The van der Waals surface area contributed by atoms with E-state index in [1.807, 2.05) is 43.3 Å². The number of ether oxygens (including phenoxy) is 2. The van der Waals surface area contributed by atoms with Crippen LogP contribution in [0.2, 0.25) is 0 Å². The summed E-state index contributed by atoms with van der Waals surface area (Å²) >= 11 is 0. The number of carbonyl (C=O) groups is 2. The first-order valence-electron chi connectivity index (χ1n) is 8.04. The maximum absolute atomic E-state index is 13.0. The van der Waals surface area contributed by atoms with Crippen LogP contribution in [0.3, 0.4) is 0 Å². The zero-order valence-electron chi connectivity index (χ0n) is 14.6. The van der Waals surface area contributed by atoms with Crippen molar-refractivity contribution in [1.29, 1.82) is 0 Å². The minimum Gasteiger partial charge on any atom is -0.446 e. The number of methoxy groups -OCH3 is 1. The fraction of sp³-hybridized carbons (Fsp3) is 0.238. The van der Waals surface area contributed by atoms with Crippen LogP contribution in [0.4, 0.5) is 0 Å². The van der Waals surface area contributed by atoms with Gasteiger partial charge < -0.3 is 9.47 Å². The van der Waals surface area contributed by atoms with Crippen molar-refractivity contribution < 1.29 is 19.1 Å². The Labute approximate surface area is 147 Å². The van der Waals surface area contributed by atoms with E-state index in [0.29, 0.717) is 34.4 Å². The Hall–Kier alpha value is -2.72. The molecule has 0 saturated heterocycles. The Morgan fingerprint density at radius 2 is 1.80 bits per heavy atom. The Kier molecular flexibility index (Phi) is 4.31. The van der Waals surface area contributed by atoms with Gasteiger partial charge >= 0.3 is 5.97 Å². The van der Waals surface area contributed by atoms with Gasteiger partial charge in [0.25, 0.3) is 0 Å². The summed E-state index contributed by atoms with van der Waals surface area (Å²) < 4.78 is 11.0. The lowest BCUT2D eigenvalue weighted by atomic mass is 9.74. The topological polar surface area (TPSA) is 52.6 Å². The highest BCUT2D eigenvalue weighted by molar-refractivity contribution is 6.13. The SMILES string of the molecule is C=C(C)C(=O)OC1(C)c2ccccc2C(=O)c2cc(COC)ccc21. The molecule has 0 N–H and O–H groups in total. The summed E-state index contributed by atoms with van der Waals surface area (Å²) in [5.74, 6) is -0.564. The fourth-order valence-electron chi connectivity index (χ4n) is 3.22. The summed E-state index contributed by atoms with van der Waals surface area (Å²) in [6, 6.07) is 12.8. The van der Waals surface area contributed by atoms with Crippen molar-refractivity contribution in [3.8, 4) is 0 Å². The lowest BCUT2D eigenvalue weighted by Gasteiger charge is -2.37. The van der Waals surface area contributed by atoms with Crippen molar-refractivity contribution in [3.05, 3.63) is 82.4 Å². The Morgan fingerprint density at radius 3 is 2.48 bits per heavy atom. The molecule has 128 valence electrons. The van der Waals surface area contributed by atoms with Crippen LogP contribution in [0, 0.1) is 0 Å². The first-order chi connectivity index (χ1) is 11.9. The normalized spacial score (nSPS) is 18.3. The molecule has 0 bridgehead atoms. The molecule has 0 aromatic heterocycles. The molecular weight excluding hydrogens is 316 g/mol. The third-order valence-electron chi connectivity index (χ3n) is 4.48. The zero-order valence-corrected chi connectivity index (χ0v) is 14.6. The average molecular weight is 336 g/mol. The summed E-state index contributed by atoms with van der Waals surface area (Å²) in [6.45, 7) is 7.48. The van der Waals surface area contributed by atoms with Crippen LogP contribution in [-0.4, -0.2) is 18.9 Å². The summed E-state index contributed by atoms with van der Waals surface area (Å²) in [6.07, 6.45) is 0. The first-order valence-corrected chi connectivity index (χ1v) is 8.04. The van der Waals surface area contributed by atoms with E-state index in [4.69, 9.17) is 9.47 Å². The maximum atomic E-state index is 13.0. The van der Waals surface area contributed by atoms with Gasteiger partial charge in [-0.2, -0.15) is 0 Å². The van der Waals surface area contributed by atoms with Crippen LogP contribution in [0.15, 0.2) is 54.6 Å². The lowest BCUT2D eigenvalue weighted by molar-refractivity contribution is -0.150. The molecule has 1 aliphatic rings. The molecule has 25 heavy (non-hydrogen) atoms. The van der Waals surface area contributed by atoms with Gasteiger partial charge in [-0.1, -0.05) is 43.0 Å². The number of hydrogen-bond acceptors (Lipinski definition) is 4. The highest BCUT2D eigenvalue weighted by Crippen LogP contribution is 2.43. The highest BCUT2D eigenvalue weighted by Gasteiger charge is 2.43. The molecule has 2 aromatic rings. The number of ketones is 1. The molecule has 0 amide bonds. The second kappa shape index (κ2) is 6.30. The summed E-state index contributed by atoms with van der Waals surface area (Å²) in [5.41, 5.74) is 2.58. The predicted molar refractivity (Wildman–Crippen MR) is 94.4 cm³/mol. The first kappa shape index (κ1) is 17.1. The molecule has 1 aliphatic carbocycles. The van der Waals surface area contributed by atoms with E-state index < -0.39 is 11.6 Å². The molecule has 1 unspecified atom stereocenters. The molecule has 3 rings (SSSR count). The maximum Gasteiger partial charge on any atom is 0.334 e. The number of hydrogen-bond donors (Lipinski definition) is 0. The minimum atomic E-state index is -1.05. The van der Waals surface area contributed by atoms with E-state index in [-0.39, 0.29) is 5.78 Å². The van der Waals surface area contributed by atoms with Gasteiger partial charge in [-0.25, -0.2) is 4.79 Å². The van der Waals surface area contributed by atoms with E-state index in [1.165, 1.54) is 0 Å². The van der Waals surface area contributed by atoms with Crippen molar-refractivity contribution in [1.82, 2.24) is 0 Å². The summed E-state index contributed by atoms with van der Waals surface area (Å²) in [7, 11) is 1.61. The van der Waals surface area contributed by atoms with Crippen LogP contribution in [0.25, 0.3) is 0 Å². The number of esters is 1. The van der Waals surface area contributed by atoms with Gasteiger partial charge in [-0.05, 0) is 25.5 Å². The summed E-state index contributed by atoms with van der Waals surface area (Å²) in [5, 5.41) is 0. The molecule has 0 spiro atoms. The second-order valence-electron chi connectivity index (χ2n) is 6.39. The molecule has 0 aliphatic heterocycles. The van der Waals surface area contributed by atoms with Crippen LogP contribution in [0.1, 0.15) is 46.5 Å².